The maximum absolute atomic E-state index is 13.8. The Morgan fingerprint density at radius 3 is 2.59 bits per heavy atom. The zero-order valence-electron chi connectivity index (χ0n) is 17.3. The molecule has 1 aliphatic rings. The van der Waals surface area contributed by atoms with Gasteiger partial charge >= 0.3 is 0 Å². The maximum Gasteiger partial charge on any atom is 0.273 e. The predicted octanol–water partition coefficient (Wildman–Crippen LogP) is 4.33. The van der Waals surface area contributed by atoms with Gasteiger partial charge in [0.05, 0.1) is 17.9 Å². The average molecular weight is 389 g/mol. The highest BCUT2D eigenvalue weighted by atomic mass is 16.2. The van der Waals surface area contributed by atoms with Gasteiger partial charge in [-0.05, 0) is 57.2 Å². The highest BCUT2D eigenvalue weighted by Gasteiger charge is 2.28. The molecule has 150 valence electrons. The summed E-state index contributed by atoms with van der Waals surface area (Å²) in [6, 6.07) is 16.1. The van der Waals surface area contributed by atoms with E-state index in [1.54, 1.807) is 0 Å². The maximum atomic E-state index is 13.8. The van der Waals surface area contributed by atoms with Crippen LogP contribution in [0.25, 0.3) is 0 Å². The van der Waals surface area contributed by atoms with Crippen LogP contribution in [0.3, 0.4) is 0 Å². The van der Waals surface area contributed by atoms with Crippen LogP contribution in [0.5, 0.6) is 0 Å². The van der Waals surface area contributed by atoms with Crippen molar-refractivity contribution in [3.63, 3.8) is 0 Å². The van der Waals surface area contributed by atoms with Crippen molar-refractivity contribution in [2.75, 3.05) is 0 Å². The molecule has 0 aliphatic heterocycles. The summed E-state index contributed by atoms with van der Waals surface area (Å²) in [7, 11) is 0. The molecule has 0 spiro atoms. The third kappa shape index (κ3) is 4.24. The molecule has 3 aromatic rings. The molecule has 0 atom stereocenters. The molecule has 5 heteroatoms. The quantitative estimate of drug-likeness (QED) is 0.632. The molecule has 0 radical (unpaired) electrons. The second-order valence-electron chi connectivity index (χ2n) is 7.71. The van der Waals surface area contributed by atoms with Gasteiger partial charge in [0.1, 0.15) is 5.69 Å². The largest absolute Gasteiger partial charge is 0.327 e. The number of amides is 1. The van der Waals surface area contributed by atoms with E-state index < -0.39 is 0 Å². The molecule has 4 rings (SSSR count). The molecule has 1 aromatic carbocycles. The molecular weight excluding hydrogens is 360 g/mol. The predicted molar refractivity (Wildman–Crippen MR) is 114 cm³/mol. The first-order valence-electron chi connectivity index (χ1n) is 10.5. The highest BCUT2D eigenvalue weighted by Crippen LogP contribution is 2.26. The summed E-state index contributed by atoms with van der Waals surface area (Å²) < 4.78 is 1.90. The molecule has 0 bridgehead atoms. The van der Waals surface area contributed by atoms with Crippen LogP contribution in [0, 0.1) is 6.92 Å². The minimum Gasteiger partial charge on any atom is -0.327 e. The van der Waals surface area contributed by atoms with E-state index in [0.717, 1.165) is 59.6 Å². The average Bonchev–Trinajstić information content (AvgIpc) is 3.12. The first-order chi connectivity index (χ1) is 14.2. The van der Waals surface area contributed by atoms with E-state index >= 15 is 0 Å². The number of aryl methyl sites for hydroxylation is 3. The molecule has 29 heavy (non-hydrogen) atoms. The zero-order valence-corrected chi connectivity index (χ0v) is 17.3. The molecular formula is C24H28N4O. The molecule has 0 fully saturated rings. The molecule has 1 aliphatic carbocycles. The molecule has 0 saturated heterocycles. The monoisotopic (exact) mass is 388 g/mol. The Labute approximate surface area is 172 Å². The van der Waals surface area contributed by atoms with Crippen LogP contribution in [0.4, 0.5) is 0 Å². The van der Waals surface area contributed by atoms with Crippen molar-refractivity contribution >= 4 is 5.91 Å². The van der Waals surface area contributed by atoms with Crippen molar-refractivity contribution in [1.82, 2.24) is 19.7 Å². The van der Waals surface area contributed by atoms with Crippen molar-refractivity contribution in [3.05, 3.63) is 82.4 Å². The first-order valence-corrected chi connectivity index (χ1v) is 10.5. The van der Waals surface area contributed by atoms with Crippen molar-refractivity contribution in [3.8, 4) is 0 Å². The number of hydrogen-bond acceptors (Lipinski definition) is 3. The van der Waals surface area contributed by atoms with Crippen molar-refractivity contribution in [1.29, 1.82) is 0 Å². The first kappa shape index (κ1) is 19.4. The van der Waals surface area contributed by atoms with Crippen LogP contribution < -0.4 is 0 Å². The number of pyridine rings is 1. The normalized spacial score (nSPS) is 13.2. The van der Waals surface area contributed by atoms with Crippen molar-refractivity contribution in [2.45, 2.75) is 59.2 Å². The Morgan fingerprint density at radius 2 is 1.83 bits per heavy atom. The van der Waals surface area contributed by atoms with Gasteiger partial charge < -0.3 is 4.90 Å². The Kier molecular flexibility index (Phi) is 5.74. The van der Waals surface area contributed by atoms with Gasteiger partial charge in [-0.25, -0.2) is 0 Å². The minimum atomic E-state index is 0.0506. The lowest BCUT2D eigenvalue weighted by atomic mass is 9.95. The standard InChI is InChI=1S/C24H28N4O/c1-3-28-23(21-14-7-8-15-22(21)26-28)24(29)27(16-19-11-5-4-6-12-19)17-20-13-9-10-18(2)25-20/h4-6,9-13H,3,7-8,14-17H2,1-2H3. The lowest BCUT2D eigenvalue weighted by molar-refractivity contribution is 0.0713. The summed E-state index contributed by atoms with van der Waals surface area (Å²) in [6.07, 6.45) is 4.20. The molecule has 2 heterocycles. The Balaban J connectivity index is 1.70. The van der Waals surface area contributed by atoms with Crippen LogP contribution in [0.2, 0.25) is 0 Å². The van der Waals surface area contributed by atoms with Gasteiger partial charge in [0.25, 0.3) is 5.91 Å². The smallest absolute Gasteiger partial charge is 0.273 e. The molecule has 1 amide bonds. The summed E-state index contributed by atoms with van der Waals surface area (Å²) in [4.78, 5) is 20.3. The fourth-order valence-corrected chi connectivity index (χ4v) is 4.11. The number of aromatic nitrogens is 3. The van der Waals surface area contributed by atoms with Crippen molar-refractivity contribution in [2.24, 2.45) is 0 Å². The number of fused-ring (bicyclic) bond motifs is 1. The summed E-state index contributed by atoms with van der Waals surface area (Å²) >= 11 is 0. The summed E-state index contributed by atoms with van der Waals surface area (Å²) in [6.45, 7) is 5.78. The zero-order chi connectivity index (χ0) is 20.2. The van der Waals surface area contributed by atoms with Crippen LogP contribution in [0.1, 0.15) is 58.5 Å². The van der Waals surface area contributed by atoms with Crippen LogP contribution in [-0.4, -0.2) is 25.6 Å². The van der Waals surface area contributed by atoms with E-state index in [2.05, 4.69) is 24.0 Å². The molecule has 2 aromatic heterocycles. The number of carbonyl (C=O) groups is 1. The number of nitrogens with zero attached hydrogens (tertiary/aromatic N) is 4. The van der Waals surface area contributed by atoms with E-state index in [-0.39, 0.29) is 5.91 Å². The van der Waals surface area contributed by atoms with Crippen molar-refractivity contribution < 1.29 is 4.79 Å². The van der Waals surface area contributed by atoms with Crippen LogP contribution in [-0.2, 0) is 32.5 Å². The molecule has 0 unspecified atom stereocenters. The Morgan fingerprint density at radius 1 is 1.03 bits per heavy atom. The number of benzene rings is 1. The summed E-state index contributed by atoms with van der Waals surface area (Å²) in [5.41, 5.74) is 6.01. The lowest BCUT2D eigenvalue weighted by Crippen LogP contribution is -2.33. The topological polar surface area (TPSA) is 51.0 Å². The second kappa shape index (κ2) is 8.60. The number of hydrogen-bond donors (Lipinski definition) is 0. The fourth-order valence-electron chi connectivity index (χ4n) is 4.11. The number of rotatable bonds is 6. The van der Waals surface area contributed by atoms with E-state index in [1.807, 2.05) is 52.9 Å². The second-order valence-corrected chi connectivity index (χ2v) is 7.71. The Bertz CT molecular complexity index is 993. The molecule has 0 saturated carbocycles. The minimum absolute atomic E-state index is 0.0506. The van der Waals surface area contributed by atoms with Crippen LogP contribution >= 0.6 is 0 Å². The molecule has 0 N–H and O–H groups in total. The van der Waals surface area contributed by atoms with Gasteiger partial charge in [0, 0.05) is 24.3 Å². The summed E-state index contributed by atoms with van der Waals surface area (Å²) in [5.74, 6) is 0.0506. The van der Waals surface area contributed by atoms with Gasteiger partial charge in [0.2, 0.25) is 0 Å². The van der Waals surface area contributed by atoms with Gasteiger partial charge in [-0.15, -0.1) is 0 Å². The van der Waals surface area contributed by atoms with E-state index in [0.29, 0.717) is 19.6 Å². The van der Waals surface area contributed by atoms with E-state index in [9.17, 15) is 4.79 Å². The third-order valence-corrected chi connectivity index (χ3v) is 5.53. The fraction of sp³-hybridized carbons (Fsp3) is 0.375. The number of carbonyl (C=O) groups excluding carboxylic acids is 1. The summed E-state index contributed by atoms with van der Waals surface area (Å²) in [5, 5.41) is 4.75. The highest BCUT2D eigenvalue weighted by molar-refractivity contribution is 5.94. The van der Waals surface area contributed by atoms with Gasteiger partial charge in [-0.3, -0.25) is 14.5 Å². The lowest BCUT2D eigenvalue weighted by Gasteiger charge is -2.24. The van der Waals surface area contributed by atoms with Crippen LogP contribution in [0.15, 0.2) is 48.5 Å². The third-order valence-electron chi connectivity index (χ3n) is 5.53. The molecule has 5 nitrogen and oxygen atoms in total. The van der Waals surface area contributed by atoms with Gasteiger partial charge in [-0.1, -0.05) is 36.4 Å². The SMILES string of the molecule is CCn1nc2c(c1C(=O)N(Cc1ccccc1)Cc1cccc(C)n1)CCCC2. The van der Waals surface area contributed by atoms with Gasteiger partial charge in [0.15, 0.2) is 0 Å². The van der Waals surface area contributed by atoms with E-state index in [1.165, 1.54) is 0 Å². The Hall–Kier alpha value is -2.95. The van der Waals surface area contributed by atoms with Gasteiger partial charge in [-0.2, -0.15) is 5.10 Å². The van der Waals surface area contributed by atoms with E-state index in [4.69, 9.17) is 5.10 Å².